The van der Waals surface area contributed by atoms with Crippen molar-refractivity contribution < 1.29 is 23.1 Å². The number of hydrogen-bond acceptors (Lipinski definition) is 4. The van der Waals surface area contributed by atoms with Crippen molar-refractivity contribution in [2.45, 2.75) is 12.5 Å². The van der Waals surface area contributed by atoms with Crippen molar-refractivity contribution in [3.05, 3.63) is 71.3 Å². The second-order valence-corrected chi connectivity index (χ2v) is 7.16. The van der Waals surface area contributed by atoms with Gasteiger partial charge in [-0.25, -0.2) is 18.5 Å². The van der Waals surface area contributed by atoms with Crippen molar-refractivity contribution in [3.63, 3.8) is 0 Å². The lowest BCUT2D eigenvalue weighted by Gasteiger charge is -2.21. The average molecular weight is 386 g/mol. The van der Waals surface area contributed by atoms with Crippen LogP contribution in [-0.2, 0) is 16.1 Å². The Balaban J connectivity index is 1.61. The maximum Gasteiger partial charge on any atom is 0.416 e. The topological polar surface area (TPSA) is 49.9 Å². The number of benzene rings is 2. The number of halogens is 2. The van der Waals surface area contributed by atoms with Crippen LogP contribution in [0, 0.1) is 17.6 Å². The van der Waals surface area contributed by atoms with Crippen molar-refractivity contribution in [1.82, 2.24) is 9.80 Å². The molecule has 0 N–H and O–H groups in total. The Labute approximate surface area is 161 Å². The zero-order valence-electron chi connectivity index (χ0n) is 15.2. The van der Waals surface area contributed by atoms with E-state index in [0.717, 1.165) is 16.5 Å². The Bertz CT molecular complexity index is 890. The van der Waals surface area contributed by atoms with Crippen molar-refractivity contribution in [1.29, 1.82) is 0 Å². The lowest BCUT2D eigenvalue weighted by molar-refractivity contribution is -0.132. The molecule has 4 rings (SSSR count). The zero-order valence-corrected chi connectivity index (χ0v) is 15.2. The highest BCUT2D eigenvalue weighted by Gasteiger charge is 2.44. The molecule has 2 atom stereocenters. The Morgan fingerprint density at radius 2 is 1.89 bits per heavy atom. The number of amides is 2. The maximum absolute atomic E-state index is 14.5. The van der Waals surface area contributed by atoms with Gasteiger partial charge < -0.3 is 4.74 Å². The molecule has 2 amide bonds. The third kappa shape index (κ3) is 3.62. The van der Waals surface area contributed by atoms with E-state index in [9.17, 15) is 18.4 Å². The second-order valence-electron chi connectivity index (χ2n) is 7.16. The van der Waals surface area contributed by atoms with Crippen LogP contribution in [0.5, 0.6) is 0 Å². The smallest absolute Gasteiger partial charge is 0.416 e. The summed E-state index contributed by atoms with van der Waals surface area (Å²) in [6.45, 7) is 1.80. The fourth-order valence-electron chi connectivity index (χ4n) is 4.02. The lowest BCUT2D eigenvalue weighted by Crippen LogP contribution is -2.39. The van der Waals surface area contributed by atoms with E-state index in [0.29, 0.717) is 25.2 Å². The average Bonchev–Trinajstić information content (AvgIpc) is 3.28. The zero-order chi connectivity index (χ0) is 19.7. The SMILES string of the molecule is O=C1OCCN1C(=O)[C@@H]1CN(Cc2ccccc2)C[C@H]1c1ccc(F)cc1F. The van der Waals surface area contributed by atoms with Crippen LogP contribution in [0.1, 0.15) is 17.0 Å². The first kappa shape index (κ1) is 18.6. The fourth-order valence-corrected chi connectivity index (χ4v) is 4.02. The standard InChI is InChI=1S/C21H20F2N2O3/c22-15-6-7-16(19(23)10-15)17-12-24(11-14-4-2-1-3-5-14)13-18(17)20(26)25-8-9-28-21(25)27/h1-7,10,17-18H,8-9,11-13H2/t17-,18+/m0/s1. The highest BCUT2D eigenvalue weighted by atomic mass is 19.1. The van der Waals surface area contributed by atoms with Gasteiger partial charge in [-0.2, -0.15) is 0 Å². The van der Waals surface area contributed by atoms with Crippen LogP contribution in [0.2, 0.25) is 0 Å². The molecule has 2 saturated heterocycles. The van der Waals surface area contributed by atoms with Crippen LogP contribution in [0.25, 0.3) is 0 Å². The molecule has 0 spiro atoms. The molecular weight excluding hydrogens is 366 g/mol. The molecule has 2 aliphatic heterocycles. The highest BCUT2D eigenvalue weighted by Crippen LogP contribution is 2.36. The molecule has 0 aromatic heterocycles. The molecule has 0 unspecified atom stereocenters. The van der Waals surface area contributed by atoms with E-state index >= 15 is 0 Å². The molecule has 0 bridgehead atoms. The van der Waals surface area contributed by atoms with Gasteiger partial charge in [-0.05, 0) is 17.2 Å². The summed E-state index contributed by atoms with van der Waals surface area (Å²) >= 11 is 0. The first-order chi connectivity index (χ1) is 13.5. The fraction of sp³-hybridized carbons (Fsp3) is 0.333. The molecule has 2 heterocycles. The van der Waals surface area contributed by atoms with Gasteiger partial charge in [0, 0.05) is 31.6 Å². The van der Waals surface area contributed by atoms with Crippen LogP contribution in [0.3, 0.4) is 0 Å². The Morgan fingerprint density at radius 1 is 1.11 bits per heavy atom. The first-order valence-electron chi connectivity index (χ1n) is 9.22. The second kappa shape index (κ2) is 7.67. The Kier molecular flexibility index (Phi) is 5.09. The molecule has 28 heavy (non-hydrogen) atoms. The maximum atomic E-state index is 14.5. The number of nitrogens with zero attached hydrogens (tertiary/aromatic N) is 2. The number of hydrogen-bond donors (Lipinski definition) is 0. The molecule has 5 nitrogen and oxygen atoms in total. The van der Waals surface area contributed by atoms with Gasteiger partial charge in [0.2, 0.25) is 5.91 Å². The molecule has 146 valence electrons. The van der Waals surface area contributed by atoms with E-state index in [1.165, 1.54) is 12.1 Å². The predicted molar refractivity (Wildman–Crippen MR) is 97.4 cm³/mol. The Morgan fingerprint density at radius 3 is 2.57 bits per heavy atom. The van der Waals surface area contributed by atoms with Gasteiger partial charge in [-0.15, -0.1) is 0 Å². The molecule has 2 aliphatic rings. The molecule has 0 saturated carbocycles. The quantitative estimate of drug-likeness (QED) is 0.810. The van der Waals surface area contributed by atoms with E-state index in [-0.39, 0.29) is 19.1 Å². The van der Waals surface area contributed by atoms with Gasteiger partial charge in [-0.1, -0.05) is 36.4 Å². The normalized spacial score (nSPS) is 22.5. The van der Waals surface area contributed by atoms with Gasteiger partial charge >= 0.3 is 6.09 Å². The van der Waals surface area contributed by atoms with E-state index in [2.05, 4.69) is 4.90 Å². The van der Waals surface area contributed by atoms with E-state index in [1.807, 2.05) is 30.3 Å². The van der Waals surface area contributed by atoms with Crippen LogP contribution >= 0.6 is 0 Å². The van der Waals surface area contributed by atoms with Crippen LogP contribution in [-0.4, -0.2) is 48.0 Å². The van der Waals surface area contributed by atoms with Gasteiger partial charge in [0.05, 0.1) is 12.5 Å². The molecule has 0 aliphatic carbocycles. The minimum absolute atomic E-state index is 0.167. The van der Waals surface area contributed by atoms with Gasteiger partial charge in [0.25, 0.3) is 0 Å². The summed E-state index contributed by atoms with van der Waals surface area (Å²) in [5.41, 5.74) is 1.37. The molecular formula is C21H20F2N2O3. The summed E-state index contributed by atoms with van der Waals surface area (Å²) in [4.78, 5) is 28.0. The summed E-state index contributed by atoms with van der Waals surface area (Å²) in [5, 5.41) is 0. The number of carbonyl (C=O) groups excluding carboxylic acids is 2. The minimum Gasteiger partial charge on any atom is -0.447 e. The van der Waals surface area contributed by atoms with Crippen LogP contribution < -0.4 is 0 Å². The van der Waals surface area contributed by atoms with E-state index < -0.39 is 29.6 Å². The first-order valence-corrected chi connectivity index (χ1v) is 9.22. The van der Waals surface area contributed by atoms with E-state index in [4.69, 9.17) is 4.74 Å². The van der Waals surface area contributed by atoms with Crippen LogP contribution in [0.15, 0.2) is 48.5 Å². The lowest BCUT2D eigenvalue weighted by atomic mass is 9.87. The van der Waals surface area contributed by atoms with Crippen molar-refractivity contribution in [3.8, 4) is 0 Å². The highest BCUT2D eigenvalue weighted by molar-refractivity contribution is 5.95. The summed E-state index contributed by atoms with van der Waals surface area (Å²) in [5.74, 6) is -2.77. The number of rotatable bonds is 4. The number of ether oxygens (including phenoxy) is 1. The monoisotopic (exact) mass is 386 g/mol. The molecule has 2 fully saturated rings. The molecule has 2 aromatic carbocycles. The largest absolute Gasteiger partial charge is 0.447 e. The summed E-state index contributed by atoms with van der Waals surface area (Å²) < 4.78 is 32.7. The van der Waals surface area contributed by atoms with Gasteiger partial charge in [-0.3, -0.25) is 9.69 Å². The summed E-state index contributed by atoms with van der Waals surface area (Å²) in [6, 6.07) is 13.2. The van der Waals surface area contributed by atoms with Crippen molar-refractivity contribution >= 4 is 12.0 Å². The summed E-state index contributed by atoms with van der Waals surface area (Å²) in [6.07, 6.45) is -0.662. The molecule has 2 aromatic rings. The van der Waals surface area contributed by atoms with Crippen molar-refractivity contribution in [2.75, 3.05) is 26.2 Å². The third-order valence-electron chi connectivity index (χ3n) is 5.35. The molecule has 0 radical (unpaired) electrons. The predicted octanol–water partition coefficient (Wildman–Crippen LogP) is 3.16. The van der Waals surface area contributed by atoms with E-state index in [1.54, 1.807) is 0 Å². The number of likely N-dealkylation sites (tertiary alicyclic amines) is 1. The molecule has 7 heteroatoms. The van der Waals surface area contributed by atoms with Gasteiger partial charge in [0.1, 0.15) is 18.2 Å². The van der Waals surface area contributed by atoms with Crippen molar-refractivity contribution in [2.24, 2.45) is 5.92 Å². The summed E-state index contributed by atoms with van der Waals surface area (Å²) in [7, 11) is 0. The minimum atomic E-state index is -0.673. The third-order valence-corrected chi connectivity index (χ3v) is 5.35. The number of carbonyl (C=O) groups is 2. The number of cyclic esters (lactones) is 1. The number of imide groups is 1. The van der Waals surface area contributed by atoms with Crippen LogP contribution in [0.4, 0.5) is 13.6 Å². The van der Waals surface area contributed by atoms with Gasteiger partial charge in [0.15, 0.2) is 0 Å². The Hall–Kier alpha value is -2.80.